The summed E-state index contributed by atoms with van der Waals surface area (Å²) in [6.07, 6.45) is 2.26. The SMILES string of the molecule is Cc1nn(C)c(NCCC2CCOC2)c1C(N)=S. The number of aryl methyl sites for hydroxylation is 2. The number of nitrogens with one attached hydrogen (secondary N) is 1. The molecule has 1 fully saturated rings. The van der Waals surface area contributed by atoms with Crippen molar-refractivity contribution in [3.05, 3.63) is 11.3 Å². The molecule has 1 aliphatic heterocycles. The molecule has 0 aliphatic carbocycles. The van der Waals surface area contributed by atoms with Gasteiger partial charge >= 0.3 is 0 Å². The zero-order valence-electron chi connectivity index (χ0n) is 10.9. The molecule has 18 heavy (non-hydrogen) atoms. The van der Waals surface area contributed by atoms with Crippen LogP contribution in [0.3, 0.4) is 0 Å². The van der Waals surface area contributed by atoms with E-state index in [-0.39, 0.29) is 0 Å². The topological polar surface area (TPSA) is 65.1 Å². The zero-order valence-corrected chi connectivity index (χ0v) is 11.7. The Balaban J connectivity index is 1.97. The van der Waals surface area contributed by atoms with Crippen LogP contribution in [-0.2, 0) is 11.8 Å². The molecule has 0 spiro atoms. The normalized spacial score (nSPS) is 19.1. The Labute approximate surface area is 113 Å². The van der Waals surface area contributed by atoms with Crippen LogP contribution >= 0.6 is 12.2 Å². The lowest BCUT2D eigenvalue weighted by atomic mass is 10.1. The van der Waals surface area contributed by atoms with E-state index < -0.39 is 0 Å². The molecule has 6 heteroatoms. The van der Waals surface area contributed by atoms with Gasteiger partial charge in [0.25, 0.3) is 0 Å². The van der Waals surface area contributed by atoms with E-state index in [2.05, 4.69) is 10.4 Å². The van der Waals surface area contributed by atoms with E-state index in [1.807, 2.05) is 14.0 Å². The maximum absolute atomic E-state index is 5.74. The number of aromatic nitrogens is 2. The van der Waals surface area contributed by atoms with Crippen LogP contribution in [0.5, 0.6) is 0 Å². The van der Waals surface area contributed by atoms with Crippen molar-refractivity contribution >= 4 is 23.0 Å². The van der Waals surface area contributed by atoms with Crippen LogP contribution in [0.4, 0.5) is 5.82 Å². The second-order valence-corrected chi connectivity index (χ2v) is 5.18. The van der Waals surface area contributed by atoms with E-state index in [9.17, 15) is 0 Å². The van der Waals surface area contributed by atoms with Gasteiger partial charge < -0.3 is 15.8 Å². The molecule has 1 aromatic rings. The molecular formula is C12H20N4OS. The third kappa shape index (κ3) is 2.81. The largest absolute Gasteiger partial charge is 0.389 e. The van der Waals surface area contributed by atoms with Crippen LogP contribution < -0.4 is 11.1 Å². The van der Waals surface area contributed by atoms with Crippen LogP contribution in [0.1, 0.15) is 24.1 Å². The van der Waals surface area contributed by atoms with Crippen molar-refractivity contribution in [1.82, 2.24) is 9.78 Å². The van der Waals surface area contributed by atoms with Crippen molar-refractivity contribution in [2.24, 2.45) is 18.7 Å². The Bertz CT molecular complexity index is 438. The minimum absolute atomic E-state index is 0.396. The maximum atomic E-state index is 5.74. The zero-order chi connectivity index (χ0) is 13.1. The molecule has 0 bridgehead atoms. The van der Waals surface area contributed by atoms with Gasteiger partial charge in [-0.25, -0.2) is 0 Å². The predicted octanol–water partition coefficient (Wildman–Crippen LogP) is 1.20. The standard InChI is InChI=1S/C12H20N4OS/c1-8-10(11(13)18)12(16(2)15-8)14-5-3-9-4-6-17-7-9/h9,14H,3-7H2,1-2H3,(H2,13,18). The third-order valence-electron chi connectivity index (χ3n) is 3.34. The van der Waals surface area contributed by atoms with Gasteiger partial charge in [0, 0.05) is 26.8 Å². The van der Waals surface area contributed by atoms with Crippen molar-refractivity contribution < 1.29 is 4.74 Å². The molecule has 1 aliphatic rings. The summed E-state index contributed by atoms with van der Waals surface area (Å²) < 4.78 is 7.16. The van der Waals surface area contributed by atoms with E-state index in [0.29, 0.717) is 10.9 Å². The highest BCUT2D eigenvalue weighted by Gasteiger charge is 2.17. The highest BCUT2D eigenvalue weighted by molar-refractivity contribution is 7.80. The van der Waals surface area contributed by atoms with E-state index in [1.54, 1.807) is 4.68 Å². The second kappa shape index (κ2) is 5.67. The van der Waals surface area contributed by atoms with Gasteiger partial charge in [0.15, 0.2) is 0 Å². The lowest BCUT2D eigenvalue weighted by Gasteiger charge is -2.11. The maximum Gasteiger partial charge on any atom is 0.134 e. The first kappa shape index (κ1) is 13.3. The highest BCUT2D eigenvalue weighted by atomic mass is 32.1. The average molecular weight is 268 g/mol. The van der Waals surface area contributed by atoms with Gasteiger partial charge in [-0.15, -0.1) is 0 Å². The lowest BCUT2D eigenvalue weighted by molar-refractivity contribution is 0.185. The van der Waals surface area contributed by atoms with Crippen molar-refractivity contribution in [2.45, 2.75) is 19.8 Å². The van der Waals surface area contributed by atoms with Gasteiger partial charge in [-0.05, 0) is 25.7 Å². The first-order valence-electron chi connectivity index (χ1n) is 6.24. The van der Waals surface area contributed by atoms with E-state index in [1.165, 1.54) is 0 Å². The molecule has 0 aromatic carbocycles. The molecule has 0 saturated carbocycles. The van der Waals surface area contributed by atoms with Gasteiger partial charge in [0.1, 0.15) is 10.8 Å². The molecule has 1 unspecified atom stereocenters. The number of ether oxygens (including phenoxy) is 1. The molecule has 2 rings (SSSR count). The molecule has 0 radical (unpaired) electrons. The summed E-state index contributed by atoms with van der Waals surface area (Å²) in [5, 5.41) is 7.73. The number of nitrogens with two attached hydrogens (primary N) is 1. The highest BCUT2D eigenvalue weighted by Crippen LogP contribution is 2.20. The molecule has 1 atom stereocenters. The Morgan fingerprint density at radius 3 is 3.06 bits per heavy atom. The molecule has 1 saturated heterocycles. The number of hydrogen-bond acceptors (Lipinski definition) is 4. The molecule has 3 N–H and O–H groups in total. The molecular weight excluding hydrogens is 248 g/mol. The summed E-state index contributed by atoms with van der Waals surface area (Å²) in [5.41, 5.74) is 7.47. The van der Waals surface area contributed by atoms with Crippen LogP contribution in [0.25, 0.3) is 0 Å². The Morgan fingerprint density at radius 2 is 2.44 bits per heavy atom. The summed E-state index contributed by atoms with van der Waals surface area (Å²) in [7, 11) is 1.90. The first-order valence-corrected chi connectivity index (χ1v) is 6.65. The van der Waals surface area contributed by atoms with Gasteiger partial charge in [-0.3, -0.25) is 4.68 Å². The number of anilines is 1. The fraction of sp³-hybridized carbons (Fsp3) is 0.667. The summed E-state index contributed by atoms with van der Waals surface area (Å²) >= 11 is 5.07. The van der Waals surface area contributed by atoms with Crippen molar-refractivity contribution in [1.29, 1.82) is 0 Å². The van der Waals surface area contributed by atoms with Crippen LogP contribution in [0.2, 0.25) is 0 Å². The number of thiocarbonyl (C=S) groups is 1. The Morgan fingerprint density at radius 1 is 1.67 bits per heavy atom. The van der Waals surface area contributed by atoms with Crippen LogP contribution in [0, 0.1) is 12.8 Å². The fourth-order valence-electron chi connectivity index (χ4n) is 2.36. The van der Waals surface area contributed by atoms with E-state index in [0.717, 1.165) is 49.7 Å². The molecule has 2 heterocycles. The van der Waals surface area contributed by atoms with Crippen molar-refractivity contribution in [3.63, 3.8) is 0 Å². The number of nitrogens with zero attached hydrogens (tertiary/aromatic N) is 2. The lowest BCUT2D eigenvalue weighted by Crippen LogP contribution is -2.16. The van der Waals surface area contributed by atoms with Gasteiger partial charge in [-0.2, -0.15) is 5.10 Å². The average Bonchev–Trinajstić information content (AvgIpc) is 2.87. The Kier molecular flexibility index (Phi) is 4.19. The van der Waals surface area contributed by atoms with E-state index >= 15 is 0 Å². The summed E-state index contributed by atoms with van der Waals surface area (Å²) in [6.45, 7) is 4.59. The van der Waals surface area contributed by atoms with Crippen LogP contribution in [0.15, 0.2) is 0 Å². The van der Waals surface area contributed by atoms with E-state index in [4.69, 9.17) is 22.7 Å². The minimum atomic E-state index is 0.396. The minimum Gasteiger partial charge on any atom is -0.389 e. The van der Waals surface area contributed by atoms with Crippen molar-refractivity contribution in [3.8, 4) is 0 Å². The van der Waals surface area contributed by atoms with Crippen molar-refractivity contribution in [2.75, 3.05) is 25.1 Å². The summed E-state index contributed by atoms with van der Waals surface area (Å²) in [4.78, 5) is 0.396. The third-order valence-corrected chi connectivity index (χ3v) is 3.54. The first-order chi connectivity index (χ1) is 8.59. The molecule has 5 nitrogen and oxygen atoms in total. The summed E-state index contributed by atoms with van der Waals surface area (Å²) in [5.74, 6) is 1.58. The molecule has 100 valence electrons. The predicted molar refractivity (Wildman–Crippen MR) is 75.9 cm³/mol. The second-order valence-electron chi connectivity index (χ2n) is 4.74. The number of hydrogen-bond donors (Lipinski definition) is 2. The number of rotatable bonds is 5. The molecule has 0 amide bonds. The van der Waals surface area contributed by atoms with Crippen LogP contribution in [-0.4, -0.2) is 34.5 Å². The van der Waals surface area contributed by atoms with Gasteiger partial charge in [0.05, 0.1) is 11.3 Å². The quantitative estimate of drug-likeness (QED) is 0.786. The monoisotopic (exact) mass is 268 g/mol. The van der Waals surface area contributed by atoms with Gasteiger partial charge in [0.2, 0.25) is 0 Å². The Hall–Kier alpha value is -1.14. The smallest absolute Gasteiger partial charge is 0.134 e. The summed E-state index contributed by atoms with van der Waals surface area (Å²) in [6, 6.07) is 0. The van der Waals surface area contributed by atoms with Gasteiger partial charge in [-0.1, -0.05) is 12.2 Å². The molecule has 1 aromatic heterocycles. The fourth-order valence-corrected chi connectivity index (χ4v) is 2.61.